The molecule has 1 aromatic carbocycles. The lowest BCUT2D eigenvalue weighted by atomic mass is 10.2. The minimum Gasteiger partial charge on any atom is -0.261 e. The van der Waals surface area contributed by atoms with Gasteiger partial charge in [0, 0.05) is 17.3 Å². The van der Waals surface area contributed by atoms with Crippen molar-refractivity contribution in [2.75, 3.05) is 0 Å². The molecule has 0 fully saturated rings. The second-order valence-corrected chi connectivity index (χ2v) is 4.67. The standard InChI is InChI=1S/C15H15N3/c1-11-3-6-15-14(7-11)9-17-18(15)10-13-5-4-12(2)16-8-13/h3-9H,10H2,1-2H3. The van der Waals surface area contributed by atoms with E-state index in [0.717, 1.165) is 12.2 Å². The summed E-state index contributed by atoms with van der Waals surface area (Å²) in [6.07, 6.45) is 3.83. The van der Waals surface area contributed by atoms with Crippen LogP contribution in [-0.4, -0.2) is 14.8 Å². The van der Waals surface area contributed by atoms with Gasteiger partial charge < -0.3 is 0 Å². The molecule has 0 unspecified atom stereocenters. The minimum absolute atomic E-state index is 0.764. The van der Waals surface area contributed by atoms with E-state index in [1.807, 2.05) is 30.1 Å². The summed E-state index contributed by atoms with van der Waals surface area (Å²) in [5.41, 5.74) is 4.64. The largest absolute Gasteiger partial charge is 0.261 e. The van der Waals surface area contributed by atoms with Crippen LogP contribution in [0.15, 0.2) is 42.7 Å². The first-order valence-corrected chi connectivity index (χ1v) is 6.06. The van der Waals surface area contributed by atoms with E-state index < -0.39 is 0 Å². The molecule has 0 N–H and O–H groups in total. The average Bonchev–Trinajstić information content (AvgIpc) is 2.74. The number of rotatable bonds is 2. The van der Waals surface area contributed by atoms with Crippen molar-refractivity contribution in [1.82, 2.24) is 14.8 Å². The minimum atomic E-state index is 0.764. The zero-order valence-electron chi connectivity index (χ0n) is 10.6. The van der Waals surface area contributed by atoms with E-state index in [9.17, 15) is 0 Å². The first-order valence-electron chi connectivity index (χ1n) is 6.06. The van der Waals surface area contributed by atoms with Crippen LogP contribution in [0, 0.1) is 13.8 Å². The maximum absolute atomic E-state index is 4.44. The second-order valence-electron chi connectivity index (χ2n) is 4.67. The van der Waals surface area contributed by atoms with Gasteiger partial charge in [0.25, 0.3) is 0 Å². The summed E-state index contributed by atoms with van der Waals surface area (Å²) in [5, 5.41) is 5.63. The van der Waals surface area contributed by atoms with Crippen LogP contribution in [0.2, 0.25) is 0 Å². The van der Waals surface area contributed by atoms with E-state index in [0.29, 0.717) is 0 Å². The van der Waals surface area contributed by atoms with E-state index >= 15 is 0 Å². The Bertz CT molecular complexity index is 681. The molecule has 18 heavy (non-hydrogen) atoms. The number of aryl methyl sites for hydroxylation is 2. The molecule has 0 aliphatic carbocycles. The molecule has 90 valence electrons. The highest BCUT2D eigenvalue weighted by molar-refractivity contribution is 5.79. The lowest BCUT2D eigenvalue weighted by molar-refractivity contribution is 0.709. The van der Waals surface area contributed by atoms with Crippen LogP contribution >= 0.6 is 0 Å². The number of hydrogen-bond donors (Lipinski definition) is 0. The van der Waals surface area contributed by atoms with Crippen LogP contribution in [0.5, 0.6) is 0 Å². The van der Waals surface area contributed by atoms with Gasteiger partial charge in [-0.05, 0) is 37.6 Å². The van der Waals surface area contributed by atoms with Gasteiger partial charge in [-0.2, -0.15) is 5.10 Å². The lowest BCUT2D eigenvalue weighted by Gasteiger charge is -2.04. The molecule has 0 radical (unpaired) electrons. The monoisotopic (exact) mass is 237 g/mol. The summed E-state index contributed by atoms with van der Waals surface area (Å²) in [7, 11) is 0. The van der Waals surface area contributed by atoms with Crippen LogP contribution < -0.4 is 0 Å². The molecule has 3 rings (SSSR count). The summed E-state index contributed by atoms with van der Waals surface area (Å²) in [6.45, 7) is 4.86. The zero-order chi connectivity index (χ0) is 12.5. The number of fused-ring (bicyclic) bond motifs is 1. The molecule has 0 atom stereocenters. The Balaban J connectivity index is 1.97. The Morgan fingerprint density at radius 3 is 2.72 bits per heavy atom. The number of pyridine rings is 1. The van der Waals surface area contributed by atoms with Crippen molar-refractivity contribution < 1.29 is 0 Å². The van der Waals surface area contributed by atoms with Crippen LogP contribution in [0.3, 0.4) is 0 Å². The van der Waals surface area contributed by atoms with Gasteiger partial charge in [0.2, 0.25) is 0 Å². The first kappa shape index (κ1) is 11.0. The third-order valence-corrected chi connectivity index (χ3v) is 3.10. The molecule has 3 aromatic rings. The molecule has 2 aromatic heterocycles. The molecular formula is C15H15N3. The van der Waals surface area contributed by atoms with Crippen LogP contribution in [0.25, 0.3) is 10.9 Å². The Labute approximate surface area is 106 Å². The van der Waals surface area contributed by atoms with Crippen LogP contribution in [0.1, 0.15) is 16.8 Å². The second kappa shape index (κ2) is 4.26. The maximum atomic E-state index is 4.44. The number of nitrogens with zero attached hydrogens (tertiary/aromatic N) is 3. The first-order chi connectivity index (χ1) is 8.72. The topological polar surface area (TPSA) is 30.7 Å². The predicted octanol–water partition coefficient (Wildman–Crippen LogP) is 3.10. The highest BCUT2D eigenvalue weighted by Gasteiger charge is 2.03. The fraction of sp³-hybridized carbons (Fsp3) is 0.200. The molecule has 3 nitrogen and oxygen atoms in total. The summed E-state index contributed by atoms with van der Waals surface area (Å²) in [5.74, 6) is 0. The van der Waals surface area contributed by atoms with Gasteiger partial charge in [0.15, 0.2) is 0 Å². The van der Waals surface area contributed by atoms with Crippen molar-refractivity contribution in [2.24, 2.45) is 0 Å². The van der Waals surface area contributed by atoms with Crippen molar-refractivity contribution in [3.8, 4) is 0 Å². The van der Waals surface area contributed by atoms with Crippen molar-refractivity contribution in [3.05, 3.63) is 59.5 Å². The van der Waals surface area contributed by atoms with E-state index in [1.54, 1.807) is 0 Å². The molecule has 2 heterocycles. The Hall–Kier alpha value is -2.16. The molecule has 0 spiro atoms. The summed E-state index contributed by atoms with van der Waals surface area (Å²) >= 11 is 0. The Kier molecular flexibility index (Phi) is 2.59. The Morgan fingerprint density at radius 2 is 1.94 bits per heavy atom. The lowest BCUT2D eigenvalue weighted by Crippen LogP contribution is -2.01. The zero-order valence-corrected chi connectivity index (χ0v) is 10.6. The third-order valence-electron chi connectivity index (χ3n) is 3.10. The molecule has 0 saturated heterocycles. The van der Waals surface area contributed by atoms with Gasteiger partial charge in [-0.3, -0.25) is 9.67 Å². The molecule has 0 amide bonds. The normalized spacial score (nSPS) is 11.0. The number of benzene rings is 1. The number of aromatic nitrogens is 3. The van der Waals surface area contributed by atoms with E-state index in [2.05, 4.69) is 41.3 Å². The fourth-order valence-corrected chi connectivity index (χ4v) is 2.10. The van der Waals surface area contributed by atoms with E-state index in [4.69, 9.17) is 0 Å². The quantitative estimate of drug-likeness (QED) is 0.685. The molecule has 0 aliphatic heterocycles. The third kappa shape index (κ3) is 1.99. The molecule has 0 bridgehead atoms. The van der Waals surface area contributed by atoms with Gasteiger partial charge in [-0.15, -0.1) is 0 Å². The molecule has 0 saturated carbocycles. The molecule has 3 heteroatoms. The maximum Gasteiger partial charge on any atom is 0.0686 e. The van der Waals surface area contributed by atoms with Gasteiger partial charge in [0.1, 0.15) is 0 Å². The van der Waals surface area contributed by atoms with Gasteiger partial charge in [-0.25, -0.2) is 0 Å². The predicted molar refractivity (Wildman–Crippen MR) is 72.5 cm³/mol. The highest BCUT2D eigenvalue weighted by atomic mass is 15.3. The molecular weight excluding hydrogens is 222 g/mol. The van der Waals surface area contributed by atoms with Crippen LogP contribution in [0.4, 0.5) is 0 Å². The Morgan fingerprint density at radius 1 is 1.06 bits per heavy atom. The summed E-state index contributed by atoms with van der Waals surface area (Å²) in [4.78, 5) is 4.31. The summed E-state index contributed by atoms with van der Waals surface area (Å²) in [6, 6.07) is 10.5. The van der Waals surface area contributed by atoms with Gasteiger partial charge in [-0.1, -0.05) is 17.7 Å². The average molecular weight is 237 g/mol. The van der Waals surface area contributed by atoms with Gasteiger partial charge in [0.05, 0.1) is 18.3 Å². The van der Waals surface area contributed by atoms with Crippen molar-refractivity contribution in [3.63, 3.8) is 0 Å². The van der Waals surface area contributed by atoms with Crippen molar-refractivity contribution >= 4 is 10.9 Å². The van der Waals surface area contributed by atoms with Gasteiger partial charge >= 0.3 is 0 Å². The fourth-order valence-electron chi connectivity index (χ4n) is 2.10. The molecule has 0 aliphatic rings. The SMILES string of the molecule is Cc1ccc2c(cnn2Cc2ccc(C)nc2)c1. The van der Waals surface area contributed by atoms with E-state index in [-0.39, 0.29) is 0 Å². The van der Waals surface area contributed by atoms with Crippen LogP contribution in [-0.2, 0) is 6.54 Å². The number of hydrogen-bond acceptors (Lipinski definition) is 2. The highest BCUT2D eigenvalue weighted by Crippen LogP contribution is 2.16. The summed E-state index contributed by atoms with van der Waals surface area (Å²) < 4.78 is 2.02. The van der Waals surface area contributed by atoms with Crippen molar-refractivity contribution in [1.29, 1.82) is 0 Å². The van der Waals surface area contributed by atoms with Crippen molar-refractivity contribution in [2.45, 2.75) is 20.4 Å². The van der Waals surface area contributed by atoms with E-state index in [1.165, 1.54) is 22.0 Å². The smallest absolute Gasteiger partial charge is 0.0686 e.